The maximum atomic E-state index is 12.3. The van der Waals surface area contributed by atoms with Crippen molar-refractivity contribution in [1.82, 2.24) is 15.0 Å². The van der Waals surface area contributed by atoms with E-state index in [-0.39, 0.29) is 11.9 Å². The molecule has 0 radical (unpaired) electrons. The minimum atomic E-state index is -0.795. The Morgan fingerprint density at radius 2 is 2.45 bits per heavy atom. The minimum Gasteiger partial charge on any atom is -0.339 e. The number of aromatic nitrogens is 2. The molecule has 0 bridgehead atoms. The third-order valence-corrected chi connectivity index (χ3v) is 5.81. The van der Waals surface area contributed by atoms with Gasteiger partial charge in [0.25, 0.3) is 0 Å². The molecular weight excluding hydrogens is 322 g/mol. The highest BCUT2D eigenvalue weighted by Gasteiger charge is 2.26. The zero-order chi connectivity index (χ0) is 15.5. The van der Waals surface area contributed by atoms with Crippen LogP contribution in [0.2, 0.25) is 0 Å². The van der Waals surface area contributed by atoms with E-state index in [2.05, 4.69) is 10.1 Å². The third kappa shape index (κ3) is 3.44. The number of rotatable bonds is 4. The molecule has 2 aromatic heterocycles. The smallest absolute Gasteiger partial charge is 0.227 e. The maximum absolute atomic E-state index is 12.3. The zero-order valence-electron chi connectivity index (χ0n) is 12.2. The molecule has 0 N–H and O–H groups in total. The molecule has 6 nitrogen and oxygen atoms in total. The summed E-state index contributed by atoms with van der Waals surface area (Å²) in [5.74, 6) is 2.22. The Balaban J connectivity index is 1.56. The molecule has 0 aliphatic carbocycles. The Labute approximate surface area is 135 Å². The number of carbonyl (C=O) groups excluding carboxylic acids is 1. The summed E-state index contributed by atoms with van der Waals surface area (Å²) in [5, 5.41) is 7.84. The van der Waals surface area contributed by atoms with Crippen molar-refractivity contribution < 1.29 is 13.5 Å². The molecule has 1 amide bonds. The van der Waals surface area contributed by atoms with E-state index in [1.165, 1.54) is 0 Å². The van der Waals surface area contributed by atoms with Crippen LogP contribution in [0.3, 0.4) is 0 Å². The largest absolute Gasteiger partial charge is 0.339 e. The van der Waals surface area contributed by atoms with Crippen LogP contribution in [0.15, 0.2) is 21.3 Å². The van der Waals surface area contributed by atoms with Gasteiger partial charge in [0.1, 0.15) is 0 Å². The van der Waals surface area contributed by atoms with Crippen molar-refractivity contribution in [2.45, 2.75) is 25.8 Å². The average molecular weight is 339 g/mol. The molecule has 3 rings (SSSR count). The van der Waals surface area contributed by atoms with Crippen LogP contribution in [0.25, 0.3) is 11.4 Å². The van der Waals surface area contributed by atoms with Crippen molar-refractivity contribution >= 4 is 28.0 Å². The Bertz CT molecular complexity index is 669. The second kappa shape index (κ2) is 6.70. The van der Waals surface area contributed by atoms with Gasteiger partial charge in [-0.05, 0) is 18.4 Å². The highest BCUT2D eigenvalue weighted by Crippen LogP contribution is 2.19. The molecule has 0 aromatic carbocycles. The monoisotopic (exact) mass is 339 g/mol. The third-order valence-electron chi connectivity index (χ3n) is 3.64. The predicted molar refractivity (Wildman–Crippen MR) is 85.0 cm³/mol. The molecule has 3 heterocycles. The summed E-state index contributed by atoms with van der Waals surface area (Å²) in [4.78, 5) is 18.4. The topological polar surface area (TPSA) is 76.3 Å². The molecular formula is C14H17N3O3S2. The lowest BCUT2D eigenvalue weighted by atomic mass is 10.2. The van der Waals surface area contributed by atoms with Gasteiger partial charge in [0.15, 0.2) is 0 Å². The lowest BCUT2D eigenvalue weighted by molar-refractivity contribution is -0.132. The van der Waals surface area contributed by atoms with Gasteiger partial charge in [0.05, 0.1) is 0 Å². The van der Waals surface area contributed by atoms with E-state index in [9.17, 15) is 9.00 Å². The normalized spacial score (nSPS) is 22.0. The number of aryl methyl sites for hydroxylation is 1. The van der Waals surface area contributed by atoms with Crippen LogP contribution in [0.1, 0.15) is 19.2 Å². The second-order valence-electron chi connectivity index (χ2n) is 5.27. The summed E-state index contributed by atoms with van der Waals surface area (Å²) in [6, 6.07) is 1.96. The summed E-state index contributed by atoms with van der Waals surface area (Å²) in [7, 11) is -0.795. The fourth-order valence-corrected chi connectivity index (χ4v) is 4.38. The van der Waals surface area contributed by atoms with Crippen molar-refractivity contribution in [2.75, 3.05) is 18.1 Å². The summed E-state index contributed by atoms with van der Waals surface area (Å²) in [6.07, 6.45) is 0.768. The van der Waals surface area contributed by atoms with Crippen LogP contribution in [-0.2, 0) is 22.0 Å². The molecule has 2 atom stereocenters. The van der Waals surface area contributed by atoms with Crippen LogP contribution in [0.5, 0.6) is 0 Å². The first kappa shape index (κ1) is 15.4. The Kier molecular flexibility index (Phi) is 4.68. The van der Waals surface area contributed by atoms with Crippen molar-refractivity contribution in [3.8, 4) is 11.4 Å². The van der Waals surface area contributed by atoms with Crippen molar-refractivity contribution in [2.24, 2.45) is 0 Å². The lowest BCUT2D eigenvalue weighted by Gasteiger charge is -2.32. The molecule has 1 fully saturated rings. The predicted octanol–water partition coefficient (Wildman–Crippen LogP) is 1.71. The summed E-state index contributed by atoms with van der Waals surface area (Å²) in [6.45, 7) is 2.51. The first-order valence-electron chi connectivity index (χ1n) is 7.13. The highest BCUT2D eigenvalue weighted by molar-refractivity contribution is 7.85. The number of thiophene rings is 1. The average Bonchev–Trinajstić information content (AvgIpc) is 3.16. The molecule has 1 aliphatic rings. The van der Waals surface area contributed by atoms with Crippen LogP contribution in [-0.4, -0.2) is 49.2 Å². The number of carbonyl (C=O) groups is 1. The minimum absolute atomic E-state index is 0.0335. The Hall–Kier alpha value is -1.54. The van der Waals surface area contributed by atoms with E-state index in [0.717, 1.165) is 5.56 Å². The summed E-state index contributed by atoms with van der Waals surface area (Å²) < 4.78 is 16.7. The van der Waals surface area contributed by atoms with Gasteiger partial charge >= 0.3 is 0 Å². The van der Waals surface area contributed by atoms with E-state index in [0.29, 0.717) is 42.6 Å². The number of hydrogen-bond donors (Lipinski definition) is 0. The molecule has 8 heteroatoms. The van der Waals surface area contributed by atoms with Crippen LogP contribution >= 0.6 is 11.3 Å². The first-order valence-corrected chi connectivity index (χ1v) is 9.56. The fourth-order valence-electron chi connectivity index (χ4n) is 2.46. The molecule has 1 aliphatic heterocycles. The Morgan fingerprint density at radius 1 is 1.59 bits per heavy atom. The standard InChI is InChI=1S/C14H17N3O3S2/c1-10-9-22(19)7-5-17(10)13(18)3-2-12-15-14(16-20-12)11-4-6-21-8-11/h4,6,8,10H,2-3,5,7,9H2,1H3/t10-,22+/m1/s1. The first-order chi connectivity index (χ1) is 10.6. The number of nitrogens with zero attached hydrogens (tertiary/aromatic N) is 3. The van der Waals surface area contributed by atoms with Gasteiger partial charge in [-0.2, -0.15) is 16.3 Å². The fraction of sp³-hybridized carbons (Fsp3) is 0.500. The van der Waals surface area contributed by atoms with Crippen molar-refractivity contribution in [3.63, 3.8) is 0 Å². The van der Waals surface area contributed by atoms with Gasteiger partial charge in [-0.25, -0.2) is 0 Å². The van der Waals surface area contributed by atoms with Gasteiger partial charge in [-0.1, -0.05) is 5.16 Å². The van der Waals surface area contributed by atoms with Crippen LogP contribution in [0, 0.1) is 0 Å². The van der Waals surface area contributed by atoms with Crippen LogP contribution in [0.4, 0.5) is 0 Å². The van der Waals surface area contributed by atoms with Crippen molar-refractivity contribution in [1.29, 1.82) is 0 Å². The highest BCUT2D eigenvalue weighted by atomic mass is 32.2. The van der Waals surface area contributed by atoms with Gasteiger partial charge in [-0.15, -0.1) is 0 Å². The van der Waals surface area contributed by atoms with E-state index < -0.39 is 10.8 Å². The molecule has 0 saturated carbocycles. The molecule has 118 valence electrons. The van der Waals surface area contributed by atoms with Crippen molar-refractivity contribution in [3.05, 3.63) is 22.7 Å². The van der Waals surface area contributed by atoms with Gasteiger partial charge in [0, 0.05) is 58.7 Å². The zero-order valence-corrected chi connectivity index (χ0v) is 13.9. The number of hydrogen-bond acceptors (Lipinski definition) is 6. The molecule has 0 unspecified atom stereocenters. The molecule has 0 spiro atoms. The molecule has 1 saturated heterocycles. The molecule has 2 aromatic rings. The van der Waals surface area contributed by atoms with E-state index in [1.807, 2.05) is 23.8 Å². The lowest BCUT2D eigenvalue weighted by Crippen LogP contribution is -2.48. The van der Waals surface area contributed by atoms with E-state index in [1.54, 1.807) is 16.2 Å². The summed E-state index contributed by atoms with van der Waals surface area (Å²) >= 11 is 1.57. The van der Waals surface area contributed by atoms with Crippen LogP contribution < -0.4 is 0 Å². The second-order valence-corrected chi connectivity index (χ2v) is 7.67. The number of amides is 1. The van der Waals surface area contributed by atoms with E-state index in [4.69, 9.17) is 4.52 Å². The Morgan fingerprint density at radius 3 is 3.18 bits per heavy atom. The summed E-state index contributed by atoms with van der Waals surface area (Å²) in [5.41, 5.74) is 0.929. The van der Waals surface area contributed by atoms with Gasteiger partial charge in [0.2, 0.25) is 17.6 Å². The van der Waals surface area contributed by atoms with E-state index >= 15 is 0 Å². The molecule has 22 heavy (non-hydrogen) atoms. The SMILES string of the molecule is C[C@@H]1C[S@@](=O)CCN1C(=O)CCc1nc(-c2ccsc2)no1. The quantitative estimate of drug-likeness (QED) is 0.847. The van der Waals surface area contributed by atoms with Gasteiger partial charge < -0.3 is 9.42 Å². The van der Waals surface area contributed by atoms with Gasteiger partial charge in [-0.3, -0.25) is 9.00 Å². The maximum Gasteiger partial charge on any atom is 0.227 e.